The number of pyridine rings is 1. The summed E-state index contributed by atoms with van der Waals surface area (Å²) in [7, 11) is 0. The van der Waals surface area contributed by atoms with E-state index >= 15 is 0 Å². The normalized spacial score (nSPS) is 10.5. The van der Waals surface area contributed by atoms with Gasteiger partial charge in [-0.15, -0.1) is 0 Å². The molecule has 0 saturated carbocycles. The van der Waals surface area contributed by atoms with Gasteiger partial charge in [0.1, 0.15) is 5.69 Å². The van der Waals surface area contributed by atoms with E-state index in [4.69, 9.17) is 28.3 Å². The van der Waals surface area contributed by atoms with Crippen molar-refractivity contribution >= 4 is 29.2 Å². The zero-order chi connectivity index (χ0) is 12.6. The number of rotatable bonds is 2. The van der Waals surface area contributed by atoms with E-state index in [0.717, 1.165) is 10.7 Å². The van der Waals surface area contributed by atoms with Crippen LogP contribution in [0.4, 0.5) is 0 Å². The number of hydrogen-bond donors (Lipinski definition) is 2. The minimum Gasteiger partial charge on any atom is -0.477 e. The number of aromatic carboxylic acids is 1. The Hall–Kier alpha value is -1.79. The van der Waals surface area contributed by atoms with Crippen molar-refractivity contribution in [1.29, 1.82) is 0 Å². The van der Waals surface area contributed by atoms with E-state index in [2.05, 4.69) is 10.1 Å². The van der Waals surface area contributed by atoms with E-state index in [1.807, 2.05) is 0 Å². The highest BCUT2D eigenvalue weighted by Crippen LogP contribution is 2.20. The standard InChI is InChI=1S/C9H5Cl2N3O3/c10-4-1-5(11)8(12-3-4)14-7(15)2-6(13-14)9(16)17/h1-3,13H,(H,16,17). The number of hydrogen-bond acceptors (Lipinski definition) is 3. The third kappa shape index (κ3) is 2.17. The lowest BCUT2D eigenvalue weighted by Crippen LogP contribution is -2.15. The Morgan fingerprint density at radius 2 is 2.12 bits per heavy atom. The average molecular weight is 274 g/mol. The topological polar surface area (TPSA) is 88.0 Å². The second kappa shape index (κ2) is 4.23. The number of aromatic amines is 1. The molecule has 17 heavy (non-hydrogen) atoms. The van der Waals surface area contributed by atoms with E-state index in [0.29, 0.717) is 5.02 Å². The zero-order valence-corrected chi connectivity index (χ0v) is 9.66. The summed E-state index contributed by atoms with van der Waals surface area (Å²) in [5, 5.41) is 11.6. The van der Waals surface area contributed by atoms with Gasteiger partial charge in [0.25, 0.3) is 5.56 Å². The molecule has 0 atom stereocenters. The molecule has 0 aliphatic rings. The Labute approximate surface area is 104 Å². The van der Waals surface area contributed by atoms with Gasteiger partial charge in [0.2, 0.25) is 0 Å². The van der Waals surface area contributed by atoms with Crippen molar-refractivity contribution in [2.45, 2.75) is 0 Å². The molecule has 2 N–H and O–H groups in total. The van der Waals surface area contributed by atoms with Gasteiger partial charge in [-0.2, -0.15) is 4.68 Å². The molecule has 0 aliphatic carbocycles. The third-order valence-corrected chi connectivity index (χ3v) is 2.44. The molecule has 2 aromatic rings. The molecular formula is C9H5Cl2N3O3. The molecule has 6 nitrogen and oxygen atoms in total. The summed E-state index contributed by atoms with van der Waals surface area (Å²) >= 11 is 11.5. The number of carbonyl (C=O) groups is 1. The lowest BCUT2D eigenvalue weighted by Gasteiger charge is -2.03. The zero-order valence-electron chi connectivity index (χ0n) is 8.15. The molecule has 0 fully saturated rings. The first kappa shape index (κ1) is 11.7. The van der Waals surface area contributed by atoms with Gasteiger partial charge in [-0.3, -0.25) is 9.89 Å². The van der Waals surface area contributed by atoms with Crippen molar-refractivity contribution in [2.75, 3.05) is 0 Å². The van der Waals surface area contributed by atoms with Gasteiger partial charge in [-0.05, 0) is 6.07 Å². The predicted molar refractivity (Wildman–Crippen MR) is 61.2 cm³/mol. The summed E-state index contributed by atoms with van der Waals surface area (Å²) in [6.07, 6.45) is 1.30. The minimum atomic E-state index is -1.24. The van der Waals surface area contributed by atoms with Gasteiger partial charge in [0.15, 0.2) is 5.82 Å². The predicted octanol–water partition coefficient (Wildman–Crippen LogP) is 1.57. The van der Waals surface area contributed by atoms with Crippen LogP contribution in [-0.4, -0.2) is 25.8 Å². The molecule has 8 heteroatoms. The lowest BCUT2D eigenvalue weighted by molar-refractivity contribution is 0.0690. The molecule has 2 heterocycles. The molecule has 0 aromatic carbocycles. The van der Waals surface area contributed by atoms with Crippen LogP contribution in [0, 0.1) is 0 Å². The fraction of sp³-hybridized carbons (Fsp3) is 0. The van der Waals surface area contributed by atoms with Crippen LogP contribution in [0.3, 0.4) is 0 Å². The number of aromatic nitrogens is 3. The number of nitrogens with one attached hydrogen (secondary N) is 1. The molecule has 0 radical (unpaired) electrons. The molecule has 0 spiro atoms. The first-order chi connectivity index (χ1) is 7.99. The molecule has 0 saturated heterocycles. The maximum atomic E-state index is 11.5. The van der Waals surface area contributed by atoms with E-state index in [1.165, 1.54) is 12.3 Å². The van der Waals surface area contributed by atoms with E-state index in [9.17, 15) is 9.59 Å². The lowest BCUT2D eigenvalue weighted by atomic mass is 10.4. The Kier molecular flexibility index (Phi) is 2.91. The second-order valence-electron chi connectivity index (χ2n) is 3.11. The van der Waals surface area contributed by atoms with Crippen molar-refractivity contribution < 1.29 is 9.90 Å². The van der Waals surface area contributed by atoms with Crippen LogP contribution in [0.1, 0.15) is 10.5 Å². The van der Waals surface area contributed by atoms with Gasteiger partial charge < -0.3 is 5.11 Å². The van der Waals surface area contributed by atoms with Crippen LogP contribution < -0.4 is 5.56 Å². The number of carboxylic acid groups (broad SMARTS) is 1. The second-order valence-corrected chi connectivity index (χ2v) is 3.95. The van der Waals surface area contributed by atoms with Gasteiger partial charge in [-0.1, -0.05) is 23.2 Å². The molecule has 0 unspecified atom stereocenters. The summed E-state index contributed by atoms with van der Waals surface area (Å²) in [5.74, 6) is -1.15. The largest absolute Gasteiger partial charge is 0.477 e. The summed E-state index contributed by atoms with van der Waals surface area (Å²) in [6.45, 7) is 0. The van der Waals surface area contributed by atoms with Crippen LogP contribution in [0.15, 0.2) is 23.1 Å². The van der Waals surface area contributed by atoms with Crippen LogP contribution in [0.25, 0.3) is 5.82 Å². The van der Waals surface area contributed by atoms with Crippen molar-refractivity contribution in [1.82, 2.24) is 14.8 Å². The average Bonchev–Trinajstić information content (AvgIpc) is 2.61. The fourth-order valence-corrected chi connectivity index (χ4v) is 1.70. The number of nitrogens with zero attached hydrogens (tertiary/aromatic N) is 2. The Morgan fingerprint density at radius 1 is 1.41 bits per heavy atom. The maximum Gasteiger partial charge on any atom is 0.353 e. The van der Waals surface area contributed by atoms with Gasteiger partial charge in [0, 0.05) is 12.3 Å². The Balaban J connectivity index is 2.60. The quantitative estimate of drug-likeness (QED) is 0.869. The van der Waals surface area contributed by atoms with Crippen molar-refractivity contribution in [2.24, 2.45) is 0 Å². The number of halogens is 2. The smallest absolute Gasteiger partial charge is 0.353 e. The van der Waals surface area contributed by atoms with Crippen molar-refractivity contribution in [3.63, 3.8) is 0 Å². The van der Waals surface area contributed by atoms with Gasteiger partial charge >= 0.3 is 5.97 Å². The number of carboxylic acids is 1. The molecule has 88 valence electrons. The summed E-state index contributed by atoms with van der Waals surface area (Å²) in [4.78, 5) is 26.1. The van der Waals surface area contributed by atoms with Crippen LogP contribution in [0.5, 0.6) is 0 Å². The highest BCUT2D eigenvalue weighted by Gasteiger charge is 2.13. The first-order valence-electron chi connectivity index (χ1n) is 4.36. The molecule has 0 aliphatic heterocycles. The SMILES string of the molecule is O=C(O)c1cc(=O)n(-c2ncc(Cl)cc2Cl)[nH]1. The summed E-state index contributed by atoms with van der Waals surface area (Å²) in [5.41, 5.74) is -0.818. The molecular weight excluding hydrogens is 269 g/mol. The van der Waals surface area contributed by atoms with Crippen molar-refractivity contribution in [3.05, 3.63) is 44.4 Å². The van der Waals surface area contributed by atoms with Crippen LogP contribution in [-0.2, 0) is 0 Å². The molecule has 2 rings (SSSR count). The molecule has 0 bridgehead atoms. The van der Waals surface area contributed by atoms with E-state index < -0.39 is 11.5 Å². The van der Waals surface area contributed by atoms with Crippen molar-refractivity contribution in [3.8, 4) is 5.82 Å². The fourth-order valence-electron chi connectivity index (χ4n) is 1.23. The summed E-state index contributed by atoms with van der Waals surface area (Å²) in [6, 6.07) is 2.34. The monoisotopic (exact) mass is 273 g/mol. The van der Waals surface area contributed by atoms with Crippen LogP contribution in [0.2, 0.25) is 10.0 Å². The number of H-pyrrole nitrogens is 1. The Bertz CT molecular complexity index is 647. The van der Waals surface area contributed by atoms with E-state index in [-0.39, 0.29) is 16.5 Å². The minimum absolute atomic E-state index is 0.0913. The first-order valence-corrected chi connectivity index (χ1v) is 5.11. The van der Waals surface area contributed by atoms with E-state index in [1.54, 1.807) is 0 Å². The molecule has 2 aromatic heterocycles. The Morgan fingerprint density at radius 3 is 2.65 bits per heavy atom. The molecule has 0 amide bonds. The summed E-state index contributed by atoms with van der Waals surface area (Å²) < 4.78 is 0.933. The van der Waals surface area contributed by atoms with Gasteiger partial charge in [0.05, 0.1) is 10.0 Å². The van der Waals surface area contributed by atoms with Crippen LogP contribution >= 0.6 is 23.2 Å². The highest BCUT2D eigenvalue weighted by molar-refractivity contribution is 6.35. The maximum absolute atomic E-state index is 11.5. The van der Waals surface area contributed by atoms with Gasteiger partial charge in [-0.25, -0.2) is 9.78 Å². The third-order valence-electron chi connectivity index (χ3n) is 1.95. The highest BCUT2D eigenvalue weighted by atomic mass is 35.5.